The van der Waals surface area contributed by atoms with E-state index in [1.165, 1.54) is 11.1 Å². The summed E-state index contributed by atoms with van der Waals surface area (Å²) in [5.41, 5.74) is 5.92. The molecule has 162 valence electrons. The fourth-order valence-electron chi connectivity index (χ4n) is 4.90. The first-order chi connectivity index (χ1) is 16.2. The summed E-state index contributed by atoms with van der Waals surface area (Å²) in [6, 6.07) is 23.5. The zero-order valence-electron chi connectivity index (χ0n) is 18.0. The SMILES string of the molecule is O=C1NC(=O)C(c2cn3c4c(cccc24)CCC3)=C1c1ccc(OCc2ccccc2)cc1. The van der Waals surface area contributed by atoms with Crippen LogP contribution in [0.1, 0.15) is 28.7 Å². The molecule has 0 saturated carbocycles. The molecular weight excluding hydrogens is 412 g/mol. The minimum absolute atomic E-state index is 0.344. The van der Waals surface area contributed by atoms with Crippen LogP contribution in [0.4, 0.5) is 0 Å². The van der Waals surface area contributed by atoms with Crippen molar-refractivity contribution in [1.82, 2.24) is 9.88 Å². The van der Waals surface area contributed by atoms with Crippen molar-refractivity contribution in [2.45, 2.75) is 26.0 Å². The standard InChI is InChI=1S/C28H22N2O3/c31-27-24(19-11-13-21(14-12-19)33-17-18-6-2-1-3-7-18)25(28(32)29-27)23-16-30-15-5-9-20-8-4-10-22(23)26(20)30/h1-4,6-8,10-14,16H,5,9,15,17H2,(H,29,31,32). The van der Waals surface area contributed by atoms with Gasteiger partial charge in [-0.1, -0.05) is 60.7 Å². The topological polar surface area (TPSA) is 60.3 Å². The van der Waals surface area contributed by atoms with E-state index in [1.807, 2.05) is 72.9 Å². The van der Waals surface area contributed by atoms with Crippen LogP contribution in [0.3, 0.4) is 0 Å². The number of rotatable bonds is 5. The van der Waals surface area contributed by atoms with Gasteiger partial charge in [-0.25, -0.2) is 0 Å². The molecule has 0 bridgehead atoms. The molecular formula is C28H22N2O3. The monoisotopic (exact) mass is 434 g/mol. The van der Waals surface area contributed by atoms with Crippen molar-refractivity contribution < 1.29 is 14.3 Å². The number of para-hydroxylation sites is 1. The van der Waals surface area contributed by atoms with E-state index in [-0.39, 0.29) is 11.8 Å². The highest BCUT2D eigenvalue weighted by Crippen LogP contribution is 2.38. The number of benzene rings is 3. The molecule has 3 aromatic carbocycles. The first-order valence-corrected chi connectivity index (χ1v) is 11.2. The number of imide groups is 1. The summed E-state index contributed by atoms with van der Waals surface area (Å²) in [7, 11) is 0. The molecule has 0 unspecified atom stereocenters. The number of ether oxygens (including phenoxy) is 1. The normalized spacial score (nSPS) is 15.3. The highest BCUT2D eigenvalue weighted by atomic mass is 16.5. The van der Waals surface area contributed by atoms with Gasteiger partial charge in [-0.2, -0.15) is 0 Å². The zero-order chi connectivity index (χ0) is 22.4. The maximum Gasteiger partial charge on any atom is 0.259 e. The van der Waals surface area contributed by atoms with Gasteiger partial charge in [0.15, 0.2) is 0 Å². The molecule has 5 heteroatoms. The van der Waals surface area contributed by atoms with Crippen LogP contribution in [0.5, 0.6) is 5.75 Å². The van der Waals surface area contributed by atoms with Crippen LogP contribution in [-0.4, -0.2) is 16.4 Å². The van der Waals surface area contributed by atoms with E-state index in [0.29, 0.717) is 29.1 Å². The van der Waals surface area contributed by atoms with Crippen LogP contribution < -0.4 is 10.1 Å². The fraction of sp³-hybridized carbons (Fsp3) is 0.143. The quantitative estimate of drug-likeness (QED) is 0.462. The van der Waals surface area contributed by atoms with Crippen molar-refractivity contribution in [3.05, 3.63) is 101 Å². The minimum atomic E-state index is -0.361. The second-order valence-corrected chi connectivity index (χ2v) is 8.48. The van der Waals surface area contributed by atoms with Gasteiger partial charge in [0.2, 0.25) is 0 Å². The Morgan fingerprint density at radius 3 is 2.45 bits per heavy atom. The molecule has 3 heterocycles. The Balaban J connectivity index is 1.39. The molecule has 6 rings (SSSR count). The second-order valence-electron chi connectivity index (χ2n) is 8.48. The Hall–Kier alpha value is -4.12. The second kappa shape index (κ2) is 7.78. The number of aromatic nitrogens is 1. The highest BCUT2D eigenvalue weighted by Gasteiger charge is 2.34. The first kappa shape index (κ1) is 19.6. The third-order valence-electron chi connectivity index (χ3n) is 6.42. The van der Waals surface area contributed by atoms with Gasteiger partial charge in [0, 0.05) is 23.7 Å². The summed E-state index contributed by atoms with van der Waals surface area (Å²) >= 11 is 0. The molecule has 4 aromatic rings. The van der Waals surface area contributed by atoms with Gasteiger partial charge in [-0.15, -0.1) is 0 Å². The summed E-state index contributed by atoms with van der Waals surface area (Å²) < 4.78 is 8.09. The smallest absolute Gasteiger partial charge is 0.259 e. The van der Waals surface area contributed by atoms with E-state index >= 15 is 0 Å². The number of hydrogen-bond donors (Lipinski definition) is 1. The lowest BCUT2D eigenvalue weighted by Gasteiger charge is -2.14. The molecule has 0 fully saturated rings. The molecule has 1 N–H and O–H groups in total. The Bertz CT molecular complexity index is 1430. The third kappa shape index (κ3) is 3.33. The lowest BCUT2D eigenvalue weighted by atomic mass is 9.95. The molecule has 0 radical (unpaired) electrons. The summed E-state index contributed by atoms with van der Waals surface area (Å²) in [5.74, 6) is 0.00426. The van der Waals surface area contributed by atoms with Crippen molar-refractivity contribution in [2.75, 3.05) is 0 Å². The number of amides is 2. The number of nitrogens with zero attached hydrogens (tertiary/aromatic N) is 1. The van der Waals surface area contributed by atoms with Crippen molar-refractivity contribution >= 4 is 33.9 Å². The van der Waals surface area contributed by atoms with Crippen molar-refractivity contribution in [1.29, 1.82) is 0 Å². The van der Waals surface area contributed by atoms with Gasteiger partial charge in [0.1, 0.15) is 12.4 Å². The molecule has 5 nitrogen and oxygen atoms in total. The Kier molecular flexibility index (Phi) is 4.61. The lowest BCUT2D eigenvalue weighted by Crippen LogP contribution is -2.22. The zero-order valence-corrected chi connectivity index (χ0v) is 18.0. The van der Waals surface area contributed by atoms with Gasteiger partial charge >= 0.3 is 0 Å². The van der Waals surface area contributed by atoms with Gasteiger partial charge < -0.3 is 9.30 Å². The van der Waals surface area contributed by atoms with Crippen molar-refractivity contribution in [3.8, 4) is 5.75 Å². The molecule has 1 aromatic heterocycles. The van der Waals surface area contributed by atoms with Crippen LogP contribution in [0.15, 0.2) is 79.0 Å². The van der Waals surface area contributed by atoms with Crippen LogP contribution >= 0.6 is 0 Å². The van der Waals surface area contributed by atoms with Gasteiger partial charge in [-0.3, -0.25) is 14.9 Å². The van der Waals surface area contributed by atoms with Gasteiger partial charge in [0.05, 0.1) is 16.7 Å². The Labute approximate surface area is 191 Å². The van der Waals surface area contributed by atoms with Gasteiger partial charge in [-0.05, 0) is 41.7 Å². The number of aryl methyl sites for hydroxylation is 2. The lowest BCUT2D eigenvalue weighted by molar-refractivity contribution is -0.122. The number of carbonyl (C=O) groups is 2. The molecule has 0 aliphatic carbocycles. The van der Waals surface area contributed by atoms with E-state index in [4.69, 9.17) is 4.74 Å². The largest absolute Gasteiger partial charge is 0.489 e. The molecule has 0 saturated heterocycles. The minimum Gasteiger partial charge on any atom is -0.489 e. The summed E-state index contributed by atoms with van der Waals surface area (Å²) in [5, 5.41) is 3.53. The van der Waals surface area contributed by atoms with Crippen molar-refractivity contribution in [2.24, 2.45) is 0 Å². The molecule has 2 aliphatic rings. The highest BCUT2D eigenvalue weighted by molar-refractivity contribution is 6.50. The number of hydrogen-bond acceptors (Lipinski definition) is 3. The molecule has 2 amide bonds. The summed E-state index contributed by atoms with van der Waals surface area (Å²) in [4.78, 5) is 25.7. The predicted octanol–water partition coefficient (Wildman–Crippen LogP) is 4.73. The number of nitrogens with one attached hydrogen (secondary N) is 1. The average molecular weight is 434 g/mol. The summed E-state index contributed by atoms with van der Waals surface area (Å²) in [6.07, 6.45) is 4.13. The summed E-state index contributed by atoms with van der Waals surface area (Å²) in [6.45, 7) is 1.38. The number of carbonyl (C=O) groups excluding carboxylic acids is 2. The van der Waals surface area contributed by atoms with Gasteiger partial charge in [0.25, 0.3) is 11.8 Å². The molecule has 2 aliphatic heterocycles. The van der Waals surface area contributed by atoms with E-state index in [0.717, 1.165) is 35.9 Å². The van der Waals surface area contributed by atoms with E-state index in [2.05, 4.69) is 16.0 Å². The van der Waals surface area contributed by atoms with Crippen LogP contribution in [0.2, 0.25) is 0 Å². The van der Waals surface area contributed by atoms with Crippen molar-refractivity contribution in [3.63, 3.8) is 0 Å². The van der Waals surface area contributed by atoms with Crippen LogP contribution in [-0.2, 0) is 29.2 Å². The maximum atomic E-state index is 12.9. The Morgan fingerprint density at radius 2 is 1.64 bits per heavy atom. The average Bonchev–Trinajstić information content (AvgIpc) is 3.36. The fourth-order valence-corrected chi connectivity index (χ4v) is 4.90. The maximum absolute atomic E-state index is 12.9. The van der Waals surface area contributed by atoms with Crippen LogP contribution in [0.25, 0.3) is 22.0 Å². The van der Waals surface area contributed by atoms with E-state index in [9.17, 15) is 9.59 Å². The molecule has 33 heavy (non-hydrogen) atoms. The Morgan fingerprint density at radius 1 is 0.848 bits per heavy atom. The van der Waals surface area contributed by atoms with Crippen LogP contribution in [0, 0.1) is 0 Å². The third-order valence-corrected chi connectivity index (χ3v) is 6.42. The van der Waals surface area contributed by atoms with E-state index < -0.39 is 0 Å². The van der Waals surface area contributed by atoms with E-state index in [1.54, 1.807) is 0 Å². The molecule has 0 spiro atoms. The first-order valence-electron chi connectivity index (χ1n) is 11.2. The predicted molar refractivity (Wildman–Crippen MR) is 127 cm³/mol. The molecule has 0 atom stereocenters.